The first kappa shape index (κ1) is 14.1. The lowest BCUT2D eigenvalue weighted by molar-refractivity contribution is 0.101. The molecule has 3 heteroatoms. The molecule has 0 atom stereocenters. The standard InChI is InChI=1S/C19H16O3/c1-14-7-2-5-10-17(14)22-13-15-8-3-4-9-16(15)19(20)18-11-6-12-21-18/h2-12H,13H2,1H3. The number of ether oxygens (including phenoxy) is 1. The van der Waals surface area contributed by atoms with E-state index in [1.54, 1.807) is 18.2 Å². The number of carbonyl (C=O) groups is 1. The second-order valence-electron chi connectivity index (χ2n) is 5.02. The Labute approximate surface area is 129 Å². The highest BCUT2D eigenvalue weighted by molar-refractivity contribution is 6.08. The van der Waals surface area contributed by atoms with Crippen molar-refractivity contribution >= 4 is 5.78 Å². The predicted molar refractivity (Wildman–Crippen MR) is 84.1 cm³/mol. The molecule has 0 aliphatic heterocycles. The zero-order valence-electron chi connectivity index (χ0n) is 12.3. The zero-order chi connectivity index (χ0) is 15.4. The van der Waals surface area contributed by atoms with Crippen molar-refractivity contribution in [1.82, 2.24) is 0 Å². The third kappa shape index (κ3) is 2.93. The molecule has 2 aromatic carbocycles. The van der Waals surface area contributed by atoms with Crippen LogP contribution in [0.15, 0.2) is 71.3 Å². The number of ketones is 1. The molecule has 1 aromatic heterocycles. The molecule has 0 radical (unpaired) electrons. The van der Waals surface area contributed by atoms with E-state index in [1.165, 1.54) is 6.26 Å². The SMILES string of the molecule is Cc1ccccc1OCc1ccccc1C(=O)c1ccco1. The van der Waals surface area contributed by atoms with Crippen LogP contribution >= 0.6 is 0 Å². The van der Waals surface area contributed by atoms with Crippen molar-refractivity contribution in [1.29, 1.82) is 0 Å². The van der Waals surface area contributed by atoms with Gasteiger partial charge >= 0.3 is 0 Å². The quantitative estimate of drug-likeness (QED) is 0.654. The molecule has 0 unspecified atom stereocenters. The monoisotopic (exact) mass is 292 g/mol. The third-order valence-corrected chi connectivity index (χ3v) is 3.48. The van der Waals surface area contributed by atoms with Crippen molar-refractivity contribution in [2.45, 2.75) is 13.5 Å². The number of para-hydroxylation sites is 1. The van der Waals surface area contributed by atoms with Gasteiger partial charge in [0, 0.05) is 11.1 Å². The molecule has 3 nitrogen and oxygen atoms in total. The molecule has 0 N–H and O–H groups in total. The molecule has 0 saturated heterocycles. The van der Waals surface area contributed by atoms with Crippen molar-refractivity contribution in [3.63, 3.8) is 0 Å². The van der Waals surface area contributed by atoms with E-state index in [0.29, 0.717) is 17.9 Å². The van der Waals surface area contributed by atoms with Crippen LogP contribution in [0, 0.1) is 6.92 Å². The molecule has 1 heterocycles. The maximum absolute atomic E-state index is 12.5. The van der Waals surface area contributed by atoms with Gasteiger partial charge in [-0.1, -0.05) is 42.5 Å². The highest BCUT2D eigenvalue weighted by Gasteiger charge is 2.15. The molecular formula is C19H16O3. The van der Waals surface area contributed by atoms with Crippen molar-refractivity contribution < 1.29 is 13.9 Å². The van der Waals surface area contributed by atoms with E-state index in [9.17, 15) is 4.79 Å². The van der Waals surface area contributed by atoms with Crippen molar-refractivity contribution in [2.75, 3.05) is 0 Å². The summed E-state index contributed by atoms with van der Waals surface area (Å²) in [6.45, 7) is 2.34. The van der Waals surface area contributed by atoms with E-state index in [-0.39, 0.29) is 5.78 Å². The molecule has 0 spiro atoms. The first-order chi connectivity index (χ1) is 10.8. The summed E-state index contributed by atoms with van der Waals surface area (Å²) in [4.78, 5) is 12.5. The highest BCUT2D eigenvalue weighted by Crippen LogP contribution is 2.20. The van der Waals surface area contributed by atoms with Gasteiger partial charge in [0.1, 0.15) is 12.4 Å². The van der Waals surface area contributed by atoms with Gasteiger partial charge in [0.2, 0.25) is 5.78 Å². The largest absolute Gasteiger partial charge is 0.489 e. The Morgan fingerprint density at radius 1 is 1.00 bits per heavy atom. The Balaban J connectivity index is 1.83. The molecular weight excluding hydrogens is 276 g/mol. The normalized spacial score (nSPS) is 10.4. The van der Waals surface area contributed by atoms with Crippen LogP contribution < -0.4 is 4.74 Å². The van der Waals surface area contributed by atoms with E-state index < -0.39 is 0 Å². The van der Waals surface area contributed by atoms with Crippen LogP contribution in [0.25, 0.3) is 0 Å². The number of furan rings is 1. The average Bonchev–Trinajstić information content (AvgIpc) is 3.08. The Kier molecular flexibility index (Phi) is 4.05. The van der Waals surface area contributed by atoms with Crippen molar-refractivity contribution in [2.24, 2.45) is 0 Å². The van der Waals surface area contributed by atoms with Crippen molar-refractivity contribution in [3.05, 3.63) is 89.4 Å². The van der Waals surface area contributed by atoms with Crippen LogP contribution in [-0.4, -0.2) is 5.78 Å². The second kappa shape index (κ2) is 6.31. The summed E-state index contributed by atoms with van der Waals surface area (Å²) < 4.78 is 11.0. The van der Waals surface area contributed by atoms with Gasteiger partial charge < -0.3 is 9.15 Å². The lowest BCUT2D eigenvalue weighted by atomic mass is 10.0. The minimum atomic E-state index is -0.131. The van der Waals surface area contributed by atoms with Gasteiger partial charge in [0.15, 0.2) is 5.76 Å². The van der Waals surface area contributed by atoms with Crippen LogP contribution in [0.5, 0.6) is 5.75 Å². The summed E-state index contributed by atoms with van der Waals surface area (Å²) in [5.74, 6) is 1.03. The number of aryl methyl sites for hydroxylation is 1. The van der Waals surface area contributed by atoms with Crippen LogP contribution in [0.3, 0.4) is 0 Å². The Hall–Kier alpha value is -2.81. The van der Waals surface area contributed by atoms with Gasteiger partial charge in [-0.2, -0.15) is 0 Å². The minimum Gasteiger partial charge on any atom is -0.489 e. The van der Waals surface area contributed by atoms with Crippen molar-refractivity contribution in [3.8, 4) is 5.75 Å². The second-order valence-corrected chi connectivity index (χ2v) is 5.02. The van der Waals surface area contributed by atoms with E-state index in [2.05, 4.69) is 0 Å². The fraction of sp³-hybridized carbons (Fsp3) is 0.105. The first-order valence-electron chi connectivity index (χ1n) is 7.10. The summed E-state index contributed by atoms with van der Waals surface area (Å²) in [6, 6.07) is 18.6. The molecule has 3 rings (SSSR count). The molecule has 0 aliphatic rings. The smallest absolute Gasteiger partial charge is 0.228 e. The molecule has 0 saturated carbocycles. The lowest BCUT2D eigenvalue weighted by Crippen LogP contribution is -2.07. The summed E-state index contributed by atoms with van der Waals surface area (Å²) in [5, 5.41) is 0. The fourth-order valence-corrected chi connectivity index (χ4v) is 2.28. The molecule has 110 valence electrons. The molecule has 0 bridgehead atoms. The fourth-order valence-electron chi connectivity index (χ4n) is 2.28. The van der Waals surface area contributed by atoms with Crippen LogP contribution in [0.4, 0.5) is 0 Å². The summed E-state index contributed by atoms with van der Waals surface area (Å²) in [7, 11) is 0. The highest BCUT2D eigenvalue weighted by atomic mass is 16.5. The van der Waals surface area contributed by atoms with E-state index in [1.807, 2.05) is 49.4 Å². The van der Waals surface area contributed by atoms with Gasteiger partial charge in [-0.05, 0) is 30.7 Å². The van der Waals surface area contributed by atoms with Gasteiger partial charge in [-0.15, -0.1) is 0 Å². The number of benzene rings is 2. The first-order valence-corrected chi connectivity index (χ1v) is 7.10. The summed E-state index contributed by atoms with van der Waals surface area (Å²) >= 11 is 0. The number of rotatable bonds is 5. The van der Waals surface area contributed by atoms with Crippen LogP contribution in [-0.2, 0) is 6.61 Å². The van der Waals surface area contributed by atoms with E-state index in [0.717, 1.165) is 16.9 Å². The average molecular weight is 292 g/mol. The van der Waals surface area contributed by atoms with Crippen LogP contribution in [0.1, 0.15) is 27.2 Å². The molecule has 0 aliphatic carbocycles. The van der Waals surface area contributed by atoms with Gasteiger partial charge in [0.05, 0.1) is 6.26 Å². The zero-order valence-corrected chi connectivity index (χ0v) is 12.3. The Morgan fingerprint density at radius 3 is 2.55 bits per heavy atom. The summed E-state index contributed by atoms with van der Waals surface area (Å²) in [6.07, 6.45) is 1.50. The topological polar surface area (TPSA) is 39.4 Å². The predicted octanol–water partition coefficient (Wildman–Crippen LogP) is 4.40. The Bertz CT molecular complexity index is 773. The maximum atomic E-state index is 12.5. The summed E-state index contributed by atoms with van der Waals surface area (Å²) in [5.41, 5.74) is 2.51. The lowest BCUT2D eigenvalue weighted by Gasteiger charge is -2.11. The number of hydrogen-bond donors (Lipinski definition) is 0. The van der Waals surface area contributed by atoms with E-state index >= 15 is 0 Å². The Morgan fingerprint density at radius 2 is 1.77 bits per heavy atom. The molecule has 0 amide bonds. The number of carbonyl (C=O) groups excluding carboxylic acids is 1. The maximum Gasteiger partial charge on any atom is 0.228 e. The van der Waals surface area contributed by atoms with Gasteiger partial charge in [0.25, 0.3) is 0 Å². The van der Waals surface area contributed by atoms with Gasteiger partial charge in [-0.25, -0.2) is 0 Å². The number of hydrogen-bond acceptors (Lipinski definition) is 3. The molecule has 3 aromatic rings. The third-order valence-electron chi connectivity index (χ3n) is 3.48. The van der Waals surface area contributed by atoms with E-state index in [4.69, 9.17) is 9.15 Å². The minimum absolute atomic E-state index is 0.131. The molecule has 22 heavy (non-hydrogen) atoms. The van der Waals surface area contributed by atoms with Crippen LogP contribution in [0.2, 0.25) is 0 Å². The van der Waals surface area contributed by atoms with Gasteiger partial charge in [-0.3, -0.25) is 4.79 Å². The molecule has 0 fully saturated rings.